The van der Waals surface area contributed by atoms with Crippen molar-refractivity contribution in [2.75, 3.05) is 5.32 Å². The normalized spacial score (nSPS) is 20.2. The van der Waals surface area contributed by atoms with Gasteiger partial charge in [0.2, 0.25) is 5.79 Å². The van der Waals surface area contributed by atoms with Gasteiger partial charge < -0.3 is 10.4 Å². The monoisotopic (exact) mass is 594 g/mol. The summed E-state index contributed by atoms with van der Waals surface area (Å²) in [6, 6.07) is 7.33. The Balaban J connectivity index is 1.54. The van der Waals surface area contributed by atoms with E-state index in [1.54, 1.807) is 12.1 Å². The van der Waals surface area contributed by atoms with Crippen molar-refractivity contribution in [1.29, 1.82) is 0 Å². The Morgan fingerprint density at radius 3 is 2.72 bits per heavy atom. The molecule has 5 rings (SSSR count). The zero-order chi connectivity index (χ0) is 27.9. The Kier molecular flexibility index (Phi) is 7.40. The summed E-state index contributed by atoms with van der Waals surface area (Å²) in [5.41, 5.74) is 1.23. The van der Waals surface area contributed by atoms with Crippen LogP contribution in [-0.2, 0) is 19.1 Å². The molecule has 0 bridgehead atoms. The van der Waals surface area contributed by atoms with Crippen LogP contribution in [0.1, 0.15) is 31.2 Å². The number of hydrogen-bond acceptors (Lipinski definition) is 9. The van der Waals surface area contributed by atoms with Gasteiger partial charge in [0.15, 0.2) is 23.1 Å². The maximum Gasteiger partial charge on any atom is 0.697 e. The molecule has 3 heterocycles. The van der Waals surface area contributed by atoms with E-state index in [-0.39, 0.29) is 45.6 Å². The van der Waals surface area contributed by atoms with Crippen molar-refractivity contribution >= 4 is 46.7 Å². The molecule has 1 aromatic carbocycles. The van der Waals surface area contributed by atoms with Crippen molar-refractivity contribution in [3.63, 3.8) is 0 Å². The average molecular weight is 595 g/mol. The van der Waals surface area contributed by atoms with Crippen LogP contribution in [0.2, 0.25) is 5.02 Å². The third kappa shape index (κ3) is 5.65. The van der Waals surface area contributed by atoms with Crippen molar-refractivity contribution in [2.45, 2.75) is 49.3 Å². The molecular weight excluding hydrogens is 572 g/mol. The lowest BCUT2D eigenvalue weighted by Gasteiger charge is -2.32. The number of benzene rings is 1. The smallest absolute Gasteiger partial charge is 0.365 e. The Labute approximate surface area is 228 Å². The maximum atomic E-state index is 14.8. The Morgan fingerprint density at radius 1 is 1.26 bits per heavy atom. The molecule has 0 spiro atoms. The highest BCUT2D eigenvalue weighted by molar-refractivity contribution is 7.90. The summed E-state index contributed by atoms with van der Waals surface area (Å²) in [5, 5.41) is 14.0. The summed E-state index contributed by atoms with van der Waals surface area (Å²) in [4.78, 5) is 21.7. The van der Waals surface area contributed by atoms with Gasteiger partial charge in [-0.15, -0.1) is 4.89 Å². The maximum absolute atomic E-state index is 14.8. The van der Waals surface area contributed by atoms with E-state index in [9.17, 15) is 22.5 Å². The topological polar surface area (TPSA) is 157 Å². The van der Waals surface area contributed by atoms with Crippen LogP contribution >= 0.6 is 19.9 Å². The average Bonchev–Trinajstić information content (AvgIpc) is 3.24. The minimum absolute atomic E-state index is 0.00609. The van der Waals surface area contributed by atoms with Crippen LogP contribution < -0.4 is 5.32 Å². The van der Waals surface area contributed by atoms with Gasteiger partial charge in [0.05, 0.1) is 16.1 Å². The van der Waals surface area contributed by atoms with Crippen LogP contribution in [-0.4, -0.2) is 49.2 Å². The Hall–Kier alpha value is -3.06. The van der Waals surface area contributed by atoms with Crippen LogP contribution in [0.5, 0.6) is 0 Å². The molecule has 0 saturated heterocycles. The van der Waals surface area contributed by atoms with Crippen molar-refractivity contribution in [2.24, 2.45) is 0 Å². The lowest BCUT2D eigenvalue weighted by Crippen LogP contribution is -2.41. The third-order valence-corrected chi connectivity index (χ3v) is 8.78. The number of fused-ring (bicyclic) bond motifs is 1. The van der Waals surface area contributed by atoms with Gasteiger partial charge in [0.1, 0.15) is 0 Å². The molecule has 3 atom stereocenters. The second kappa shape index (κ2) is 10.5. The molecule has 3 aromatic heterocycles. The highest BCUT2D eigenvalue weighted by atomic mass is 35.5. The van der Waals surface area contributed by atoms with Crippen LogP contribution in [0, 0.1) is 12.7 Å². The zero-order valence-electron chi connectivity index (χ0n) is 20.5. The number of rotatable bonds is 7. The van der Waals surface area contributed by atoms with Gasteiger partial charge in [-0.05, 0) is 38.0 Å². The van der Waals surface area contributed by atoms with E-state index < -0.39 is 35.9 Å². The predicted octanol–water partition coefficient (Wildman–Crippen LogP) is 4.54. The molecule has 1 fully saturated rings. The molecule has 4 aromatic rings. The second-order valence-corrected chi connectivity index (χ2v) is 12.2. The number of nitrogens with one attached hydrogen (secondary N) is 1. The summed E-state index contributed by atoms with van der Waals surface area (Å²) in [5.74, 6) is -2.81. The SMILES string of the molecule is Cc1ccc(S(=O)(=O)n2cc(-c3ncc(F)c(N[C@H]4CCC[C@](O)(O[P+](=O)O)C4)n3)c3cc(Cl)cnc32)cc1. The molecule has 1 aliphatic rings. The fourth-order valence-electron chi connectivity index (χ4n) is 4.60. The van der Waals surface area contributed by atoms with E-state index in [4.69, 9.17) is 21.0 Å². The minimum Gasteiger partial charge on any atom is -0.365 e. The molecule has 204 valence electrons. The van der Waals surface area contributed by atoms with Crippen molar-refractivity contribution in [1.82, 2.24) is 18.9 Å². The molecule has 11 nitrogen and oxygen atoms in total. The van der Waals surface area contributed by atoms with Crippen LogP contribution in [0.25, 0.3) is 22.4 Å². The molecule has 1 saturated carbocycles. The summed E-state index contributed by atoms with van der Waals surface area (Å²) in [6.07, 6.45) is 4.60. The van der Waals surface area contributed by atoms with Gasteiger partial charge in [-0.3, -0.25) is 0 Å². The number of nitrogens with zero attached hydrogens (tertiary/aromatic N) is 4. The Bertz CT molecular complexity index is 1690. The van der Waals surface area contributed by atoms with E-state index >= 15 is 0 Å². The molecule has 1 aliphatic carbocycles. The summed E-state index contributed by atoms with van der Waals surface area (Å²) in [6.45, 7) is 1.84. The first-order valence-corrected chi connectivity index (χ1v) is 14.8. The first kappa shape index (κ1) is 27.5. The van der Waals surface area contributed by atoms with Gasteiger partial charge in [-0.25, -0.2) is 31.7 Å². The second-order valence-electron chi connectivity index (χ2n) is 9.28. The lowest BCUT2D eigenvalue weighted by atomic mass is 9.90. The first-order chi connectivity index (χ1) is 18.4. The number of halogens is 2. The number of hydrogen-bond donors (Lipinski definition) is 3. The molecule has 39 heavy (non-hydrogen) atoms. The predicted molar refractivity (Wildman–Crippen MR) is 141 cm³/mol. The number of aliphatic hydroxyl groups is 1. The Morgan fingerprint density at radius 2 is 2.00 bits per heavy atom. The van der Waals surface area contributed by atoms with Crippen LogP contribution in [0.3, 0.4) is 0 Å². The number of anilines is 1. The quantitative estimate of drug-likeness (QED) is 0.205. The van der Waals surface area contributed by atoms with Gasteiger partial charge >= 0.3 is 8.25 Å². The van der Waals surface area contributed by atoms with Gasteiger partial charge in [-0.1, -0.05) is 33.8 Å². The molecule has 0 aliphatic heterocycles. The fourth-order valence-corrected chi connectivity index (χ4v) is 6.53. The van der Waals surface area contributed by atoms with Gasteiger partial charge in [0, 0.05) is 46.8 Å². The standard InChI is InChI=1S/C24H22ClFN5O6PS/c1-14-4-6-17(7-5-14)39(35,36)31-13-19(18-9-15(25)11-28-23(18)31)21-27-12-20(26)22(30-21)29-16-3-2-8-24(32,10-16)37-38(33)34/h4-7,9,11-13,16,32H,2-3,8,10H2,1H3,(H-,27,29,30,33,34)/p+1/t16-,24-/m0/s1. The van der Waals surface area contributed by atoms with E-state index in [0.717, 1.165) is 15.7 Å². The molecule has 1 unspecified atom stereocenters. The summed E-state index contributed by atoms with van der Waals surface area (Å²) < 4.78 is 58.7. The first-order valence-electron chi connectivity index (χ1n) is 11.8. The van der Waals surface area contributed by atoms with Gasteiger partial charge in [-0.2, -0.15) is 0 Å². The largest absolute Gasteiger partial charge is 0.697 e. The van der Waals surface area contributed by atoms with Gasteiger partial charge in [0.25, 0.3) is 10.0 Å². The lowest BCUT2D eigenvalue weighted by molar-refractivity contribution is -0.161. The van der Waals surface area contributed by atoms with Crippen molar-refractivity contribution in [3.8, 4) is 11.4 Å². The molecule has 0 radical (unpaired) electrons. The molecular formula is C24H23ClFN5O6PS+. The fraction of sp³-hybridized carbons (Fsp3) is 0.292. The highest BCUT2D eigenvalue weighted by Crippen LogP contribution is 2.38. The van der Waals surface area contributed by atoms with Crippen molar-refractivity contribution in [3.05, 3.63) is 65.3 Å². The minimum atomic E-state index is -4.07. The van der Waals surface area contributed by atoms with E-state index in [0.29, 0.717) is 18.2 Å². The zero-order valence-corrected chi connectivity index (χ0v) is 22.9. The van der Waals surface area contributed by atoms with Crippen LogP contribution in [0.4, 0.5) is 10.2 Å². The number of aryl methyl sites for hydroxylation is 1. The number of pyridine rings is 1. The number of aromatic nitrogens is 4. The van der Waals surface area contributed by atoms with Crippen molar-refractivity contribution < 1.29 is 31.9 Å². The summed E-state index contributed by atoms with van der Waals surface area (Å²) in [7, 11) is -7.10. The summed E-state index contributed by atoms with van der Waals surface area (Å²) >= 11 is 6.18. The molecule has 15 heteroatoms. The van der Waals surface area contributed by atoms with E-state index in [1.165, 1.54) is 30.6 Å². The molecule has 0 amide bonds. The molecule has 3 N–H and O–H groups in total. The van der Waals surface area contributed by atoms with Crippen LogP contribution in [0.15, 0.2) is 53.8 Å². The third-order valence-electron chi connectivity index (χ3n) is 6.42. The highest BCUT2D eigenvalue weighted by Gasteiger charge is 2.43. The van der Waals surface area contributed by atoms with E-state index in [1.807, 2.05) is 6.92 Å². The van der Waals surface area contributed by atoms with E-state index in [2.05, 4.69) is 20.3 Å².